The van der Waals surface area contributed by atoms with Gasteiger partial charge in [0.05, 0.1) is 5.56 Å². The molecule has 0 aliphatic rings. The Labute approximate surface area is 82.7 Å². The van der Waals surface area contributed by atoms with E-state index in [1.54, 1.807) is 0 Å². The Morgan fingerprint density at radius 2 is 2.20 bits per heavy atom. The van der Waals surface area contributed by atoms with Crippen LogP contribution in [0.5, 0.6) is 0 Å². The third kappa shape index (κ3) is 1.54. The number of amides is 1. The van der Waals surface area contributed by atoms with E-state index in [1.807, 2.05) is 0 Å². The fourth-order valence-electron chi connectivity index (χ4n) is 1.25. The van der Waals surface area contributed by atoms with E-state index in [1.165, 1.54) is 18.2 Å². The molecular weight excluding hydrogens is 206 g/mol. The molecule has 4 nitrogen and oxygen atoms in total. The van der Waals surface area contributed by atoms with Gasteiger partial charge in [-0.2, -0.15) is 8.78 Å². The van der Waals surface area contributed by atoms with Gasteiger partial charge in [0.1, 0.15) is 5.52 Å². The van der Waals surface area contributed by atoms with Crippen LogP contribution in [0.2, 0.25) is 0 Å². The van der Waals surface area contributed by atoms with Gasteiger partial charge >= 0.3 is 6.43 Å². The number of hydrogen-bond acceptors (Lipinski definition) is 3. The van der Waals surface area contributed by atoms with Crippen LogP contribution in [0, 0.1) is 0 Å². The highest BCUT2D eigenvalue weighted by Gasteiger charge is 2.18. The van der Waals surface area contributed by atoms with Crippen LogP contribution in [-0.2, 0) is 0 Å². The highest BCUT2D eigenvalue weighted by atomic mass is 19.3. The van der Waals surface area contributed by atoms with E-state index in [4.69, 9.17) is 10.2 Å². The first kappa shape index (κ1) is 9.57. The molecule has 0 saturated heterocycles. The molecule has 2 N–H and O–H groups in total. The molecule has 1 heterocycles. The molecule has 0 spiro atoms. The Bertz CT molecular complexity index is 522. The maximum Gasteiger partial charge on any atom is 0.313 e. The summed E-state index contributed by atoms with van der Waals surface area (Å²) in [5.41, 5.74) is 5.30. The molecule has 0 fully saturated rings. The van der Waals surface area contributed by atoms with E-state index in [0.717, 1.165) is 0 Å². The lowest BCUT2D eigenvalue weighted by Gasteiger charge is -1.93. The van der Waals surface area contributed by atoms with Crippen LogP contribution in [0.4, 0.5) is 8.78 Å². The van der Waals surface area contributed by atoms with Crippen molar-refractivity contribution in [3.8, 4) is 0 Å². The fraction of sp³-hybridized carbons (Fsp3) is 0.111. The Hall–Kier alpha value is -1.98. The number of hydrogen-bond donors (Lipinski definition) is 1. The standard InChI is InChI=1S/C9H6F2N2O2/c10-7(11)9-13-5-3-1-2-4(8(12)14)6(5)15-9/h1-3,7H,(H2,12,14). The molecule has 2 aromatic rings. The highest BCUT2D eigenvalue weighted by molar-refractivity contribution is 6.03. The molecule has 1 aromatic heterocycles. The van der Waals surface area contributed by atoms with Gasteiger partial charge in [-0.15, -0.1) is 0 Å². The number of primary amides is 1. The fourth-order valence-corrected chi connectivity index (χ4v) is 1.25. The number of rotatable bonds is 2. The second-order valence-corrected chi connectivity index (χ2v) is 2.87. The number of carbonyl (C=O) groups excluding carboxylic acids is 1. The summed E-state index contributed by atoms with van der Waals surface area (Å²) in [5.74, 6) is -1.45. The number of aromatic nitrogens is 1. The number of nitrogens with zero attached hydrogens (tertiary/aromatic N) is 1. The maximum absolute atomic E-state index is 12.3. The van der Waals surface area contributed by atoms with Crippen LogP contribution in [0.25, 0.3) is 11.1 Å². The van der Waals surface area contributed by atoms with Crippen LogP contribution in [0.3, 0.4) is 0 Å². The SMILES string of the molecule is NC(=O)c1cccc2nc(C(F)F)oc12. The molecule has 1 aromatic carbocycles. The lowest BCUT2D eigenvalue weighted by atomic mass is 10.2. The molecule has 0 atom stereocenters. The van der Waals surface area contributed by atoms with Gasteiger partial charge in [-0.3, -0.25) is 4.79 Å². The van der Waals surface area contributed by atoms with Crippen LogP contribution >= 0.6 is 0 Å². The van der Waals surface area contributed by atoms with Crippen LogP contribution in [0.1, 0.15) is 22.7 Å². The minimum atomic E-state index is -2.81. The average Bonchev–Trinajstić information content (AvgIpc) is 2.60. The van der Waals surface area contributed by atoms with Crippen LogP contribution in [0.15, 0.2) is 22.6 Å². The third-order valence-corrected chi connectivity index (χ3v) is 1.88. The summed E-state index contributed by atoms with van der Waals surface area (Å²) < 4.78 is 29.3. The third-order valence-electron chi connectivity index (χ3n) is 1.88. The lowest BCUT2D eigenvalue weighted by Crippen LogP contribution is -2.10. The molecule has 0 saturated carbocycles. The van der Waals surface area contributed by atoms with E-state index >= 15 is 0 Å². The Morgan fingerprint density at radius 1 is 1.47 bits per heavy atom. The van der Waals surface area contributed by atoms with E-state index in [-0.39, 0.29) is 16.7 Å². The minimum absolute atomic E-state index is 0.000278. The average molecular weight is 212 g/mol. The molecule has 78 valence electrons. The number of halogens is 2. The van der Waals surface area contributed by atoms with Gasteiger partial charge in [-0.25, -0.2) is 4.98 Å². The molecule has 0 aliphatic heterocycles. The number of carbonyl (C=O) groups is 1. The first-order valence-corrected chi connectivity index (χ1v) is 4.07. The summed E-state index contributed by atoms with van der Waals surface area (Å²) in [6.07, 6.45) is -2.81. The van der Waals surface area contributed by atoms with Crippen molar-refractivity contribution in [2.75, 3.05) is 0 Å². The largest absolute Gasteiger partial charge is 0.434 e. The summed E-state index contributed by atoms with van der Waals surface area (Å²) in [6, 6.07) is 4.36. The maximum atomic E-state index is 12.3. The zero-order chi connectivity index (χ0) is 11.0. The van der Waals surface area contributed by atoms with Gasteiger partial charge < -0.3 is 10.2 Å². The molecule has 6 heteroatoms. The number of fused-ring (bicyclic) bond motifs is 1. The quantitative estimate of drug-likeness (QED) is 0.825. The molecule has 1 amide bonds. The van der Waals surface area contributed by atoms with Crippen molar-refractivity contribution >= 4 is 17.0 Å². The summed E-state index contributed by atoms with van der Waals surface area (Å²) in [5, 5.41) is 0. The van der Waals surface area contributed by atoms with Crippen molar-refractivity contribution in [2.24, 2.45) is 5.73 Å². The molecule has 2 rings (SSSR count). The number of alkyl halides is 2. The van der Waals surface area contributed by atoms with Gasteiger partial charge in [0.15, 0.2) is 5.58 Å². The van der Waals surface area contributed by atoms with E-state index in [9.17, 15) is 13.6 Å². The van der Waals surface area contributed by atoms with Crippen molar-refractivity contribution in [3.63, 3.8) is 0 Å². The van der Waals surface area contributed by atoms with Crippen LogP contribution in [-0.4, -0.2) is 10.9 Å². The zero-order valence-electron chi connectivity index (χ0n) is 7.41. The molecule has 0 unspecified atom stereocenters. The zero-order valence-corrected chi connectivity index (χ0v) is 7.41. The molecule has 0 radical (unpaired) electrons. The van der Waals surface area contributed by atoms with E-state index < -0.39 is 18.2 Å². The second-order valence-electron chi connectivity index (χ2n) is 2.87. The second kappa shape index (κ2) is 3.30. The van der Waals surface area contributed by atoms with Crippen LogP contribution < -0.4 is 5.73 Å². The predicted molar refractivity (Wildman–Crippen MR) is 47.5 cm³/mol. The van der Waals surface area contributed by atoms with Crippen molar-refractivity contribution in [2.45, 2.75) is 6.43 Å². The van der Waals surface area contributed by atoms with Crippen molar-refractivity contribution < 1.29 is 18.0 Å². The summed E-state index contributed by atoms with van der Waals surface area (Å²) in [7, 11) is 0. The molecular formula is C9H6F2N2O2. The number of nitrogens with two attached hydrogens (primary N) is 1. The Morgan fingerprint density at radius 3 is 2.80 bits per heavy atom. The lowest BCUT2D eigenvalue weighted by molar-refractivity contribution is 0.0997. The Balaban J connectivity index is 2.70. The van der Waals surface area contributed by atoms with Gasteiger partial charge in [-0.05, 0) is 12.1 Å². The summed E-state index contributed by atoms with van der Waals surface area (Å²) in [4.78, 5) is 14.5. The number of benzene rings is 1. The summed E-state index contributed by atoms with van der Waals surface area (Å²) in [6.45, 7) is 0. The minimum Gasteiger partial charge on any atom is -0.434 e. The Kier molecular flexibility index (Phi) is 2.11. The number of oxazole rings is 1. The summed E-state index contributed by atoms with van der Waals surface area (Å²) >= 11 is 0. The molecule has 15 heavy (non-hydrogen) atoms. The first-order chi connectivity index (χ1) is 7.09. The van der Waals surface area contributed by atoms with Gasteiger partial charge in [-0.1, -0.05) is 6.07 Å². The van der Waals surface area contributed by atoms with Crippen molar-refractivity contribution in [1.29, 1.82) is 0 Å². The molecule has 0 aliphatic carbocycles. The predicted octanol–water partition coefficient (Wildman–Crippen LogP) is 1.86. The normalized spacial score (nSPS) is 11.1. The number of para-hydroxylation sites is 1. The smallest absolute Gasteiger partial charge is 0.313 e. The van der Waals surface area contributed by atoms with Gasteiger partial charge in [0, 0.05) is 0 Å². The van der Waals surface area contributed by atoms with E-state index in [0.29, 0.717) is 0 Å². The van der Waals surface area contributed by atoms with Crippen molar-refractivity contribution in [1.82, 2.24) is 4.98 Å². The van der Waals surface area contributed by atoms with Crippen molar-refractivity contribution in [3.05, 3.63) is 29.7 Å². The first-order valence-electron chi connectivity index (χ1n) is 4.07. The highest BCUT2D eigenvalue weighted by Crippen LogP contribution is 2.25. The van der Waals surface area contributed by atoms with Gasteiger partial charge in [0.25, 0.3) is 11.8 Å². The monoisotopic (exact) mass is 212 g/mol. The molecule has 0 bridgehead atoms. The van der Waals surface area contributed by atoms with Gasteiger partial charge in [0.2, 0.25) is 0 Å². The van der Waals surface area contributed by atoms with E-state index in [2.05, 4.69) is 4.98 Å². The topological polar surface area (TPSA) is 69.1 Å².